The molecular formula is C12H17Br2NO3S. The van der Waals surface area contributed by atoms with E-state index in [1.165, 1.54) is 0 Å². The van der Waals surface area contributed by atoms with Crippen LogP contribution in [0.25, 0.3) is 0 Å². The van der Waals surface area contributed by atoms with E-state index in [1.807, 2.05) is 13.8 Å². The van der Waals surface area contributed by atoms with E-state index in [0.29, 0.717) is 15.6 Å². The van der Waals surface area contributed by atoms with Gasteiger partial charge in [-0.2, -0.15) is 0 Å². The predicted octanol–water partition coefficient (Wildman–Crippen LogP) is 3.16. The molecular weight excluding hydrogens is 398 g/mol. The van der Waals surface area contributed by atoms with Crippen LogP contribution in [0.2, 0.25) is 0 Å². The molecule has 19 heavy (non-hydrogen) atoms. The number of methoxy groups -OCH3 is 1. The molecule has 1 N–H and O–H groups in total. The molecule has 7 heteroatoms. The van der Waals surface area contributed by atoms with Crippen LogP contribution in [0.4, 0.5) is 0 Å². The van der Waals surface area contributed by atoms with Crippen LogP contribution in [0.3, 0.4) is 0 Å². The van der Waals surface area contributed by atoms with Gasteiger partial charge in [-0.05, 0) is 40.0 Å². The Hall–Kier alpha value is 0.0500. The maximum Gasteiger partial charge on any atom is 0.242 e. The van der Waals surface area contributed by atoms with Crippen LogP contribution in [0, 0.1) is 5.92 Å². The quantitative estimate of drug-likeness (QED) is 0.777. The van der Waals surface area contributed by atoms with Gasteiger partial charge in [-0.15, -0.1) is 0 Å². The Morgan fingerprint density at radius 2 is 1.95 bits per heavy atom. The van der Waals surface area contributed by atoms with E-state index in [0.717, 1.165) is 0 Å². The van der Waals surface area contributed by atoms with Gasteiger partial charge < -0.3 is 4.74 Å². The molecule has 0 spiro atoms. The highest BCUT2D eigenvalue weighted by Crippen LogP contribution is 2.26. The van der Waals surface area contributed by atoms with Crippen molar-refractivity contribution in [3.63, 3.8) is 0 Å². The summed E-state index contributed by atoms with van der Waals surface area (Å²) in [5, 5.41) is 0. The fraction of sp³-hybridized carbons (Fsp3) is 0.500. The Labute approximate surface area is 131 Å². The van der Waals surface area contributed by atoms with Crippen LogP contribution in [0.5, 0.6) is 0 Å². The molecule has 0 heterocycles. The molecule has 1 atom stereocenters. The van der Waals surface area contributed by atoms with Gasteiger partial charge >= 0.3 is 0 Å². The summed E-state index contributed by atoms with van der Waals surface area (Å²) < 4.78 is 33.7. The zero-order chi connectivity index (χ0) is 14.6. The summed E-state index contributed by atoms with van der Waals surface area (Å²) in [6.07, 6.45) is 0. The smallest absolute Gasteiger partial charge is 0.242 e. The average molecular weight is 415 g/mol. The summed E-state index contributed by atoms with van der Waals surface area (Å²) in [5.74, 6) is 0.139. The molecule has 1 aromatic rings. The van der Waals surface area contributed by atoms with Crippen molar-refractivity contribution in [3.05, 3.63) is 27.1 Å². The van der Waals surface area contributed by atoms with Crippen LogP contribution >= 0.6 is 31.9 Å². The first-order chi connectivity index (χ1) is 8.77. The minimum Gasteiger partial charge on any atom is -0.383 e. The Morgan fingerprint density at radius 1 is 1.32 bits per heavy atom. The highest BCUT2D eigenvalue weighted by atomic mass is 79.9. The fourth-order valence-corrected chi connectivity index (χ4v) is 4.36. The van der Waals surface area contributed by atoms with E-state index in [1.54, 1.807) is 25.3 Å². The number of nitrogens with one attached hydrogen (secondary N) is 1. The van der Waals surface area contributed by atoms with Gasteiger partial charge in [-0.25, -0.2) is 13.1 Å². The summed E-state index contributed by atoms with van der Waals surface area (Å²) in [6.45, 7) is 4.23. The first kappa shape index (κ1) is 17.1. The lowest BCUT2D eigenvalue weighted by Crippen LogP contribution is -2.41. The second kappa shape index (κ2) is 7.17. The van der Waals surface area contributed by atoms with Gasteiger partial charge in [0.25, 0.3) is 0 Å². The van der Waals surface area contributed by atoms with Gasteiger partial charge in [0.2, 0.25) is 10.0 Å². The number of halogens is 2. The minimum atomic E-state index is -3.59. The molecule has 4 nitrogen and oxygen atoms in total. The zero-order valence-corrected chi connectivity index (χ0v) is 15.0. The Bertz CT molecular complexity index is 532. The second-order valence-corrected chi connectivity index (χ2v) is 7.95. The SMILES string of the molecule is COCC(NS(=O)(=O)c1cc(Br)ccc1Br)C(C)C. The fourth-order valence-electron chi connectivity index (χ4n) is 1.49. The van der Waals surface area contributed by atoms with Gasteiger partial charge in [0.1, 0.15) is 0 Å². The van der Waals surface area contributed by atoms with Crippen molar-refractivity contribution in [1.82, 2.24) is 4.72 Å². The molecule has 0 aliphatic carbocycles. The molecule has 0 radical (unpaired) electrons. The van der Waals surface area contributed by atoms with Crippen molar-refractivity contribution >= 4 is 41.9 Å². The van der Waals surface area contributed by atoms with Crippen LogP contribution in [-0.4, -0.2) is 28.2 Å². The number of rotatable bonds is 6. The number of hydrogen-bond acceptors (Lipinski definition) is 3. The van der Waals surface area contributed by atoms with Crippen molar-refractivity contribution in [2.24, 2.45) is 5.92 Å². The first-order valence-corrected chi connectivity index (χ1v) is 8.81. The average Bonchev–Trinajstić information content (AvgIpc) is 2.31. The summed E-state index contributed by atoms with van der Waals surface area (Å²) in [6, 6.07) is 4.77. The van der Waals surface area contributed by atoms with Gasteiger partial charge in [0.15, 0.2) is 0 Å². The maximum absolute atomic E-state index is 12.4. The van der Waals surface area contributed by atoms with Crippen molar-refractivity contribution in [1.29, 1.82) is 0 Å². The third-order valence-corrected chi connectivity index (χ3v) is 5.62. The normalized spacial score (nSPS) is 13.8. The van der Waals surface area contributed by atoms with Gasteiger partial charge in [-0.1, -0.05) is 29.8 Å². The number of benzene rings is 1. The Morgan fingerprint density at radius 3 is 2.47 bits per heavy atom. The summed E-state index contributed by atoms with van der Waals surface area (Å²) in [7, 11) is -2.03. The summed E-state index contributed by atoms with van der Waals surface area (Å²) >= 11 is 6.54. The van der Waals surface area contributed by atoms with Gasteiger partial charge in [0, 0.05) is 22.1 Å². The molecule has 1 aromatic carbocycles. The van der Waals surface area contributed by atoms with Crippen molar-refractivity contribution in [2.75, 3.05) is 13.7 Å². The van der Waals surface area contributed by atoms with Crippen LogP contribution in [0.15, 0.2) is 32.0 Å². The molecule has 0 aliphatic rings. The van der Waals surface area contributed by atoms with E-state index in [4.69, 9.17) is 4.74 Å². The van der Waals surface area contributed by atoms with Crippen molar-refractivity contribution < 1.29 is 13.2 Å². The molecule has 0 aromatic heterocycles. The lowest BCUT2D eigenvalue weighted by atomic mass is 10.1. The largest absolute Gasteiger partial charge is 0.383 e. The van der Waals surface area contributed by atoms with Crippen molar-refractivity contribution in [2.45, 2.75) is 24.8 Å². The van der Waals surface area contributed by atoms with E-state index < -0.39 is 10.0 Å². The molecule has 0 saturated heterocycles. The topological polar surface area (TPSA) is 55.4 Å². The van der Waals surface area contributed by atoms with Gasteiger partial charge in [0.05, 0.1) is 11.5 Å². The summed E-state index contributed by atoms with van der Waals surface area (Å²) in [5.41, 5.74) is 0. The van der Waals surface area contributed by atoms with E-state index in [-0.39, 0.29) is 16.9 Å². The van der Waals surface area contributed by atoms with Crippen LogP contribution in [-0.2, 0) is 14.8 Å². The van der Waals surface area contributed by atoms with E-state index in [9.17, 15) is 8.42 Å². The van der Waals surface area contributed by atoms with Crippen LogP contribution < -0.4 is 4.72 Å². The standard InChI is InChI=1S/C12H17Br2NO3S/c1-8(2)11(7-18-3)15-19(16,17)12-6-9(13)4-5-10(12)14/h4-6,8,11,15H,7H2,1-3H3. The summed E-state index contributed by atoms with van der Waals surface area (Å²) in [4.78, 5) is 0.212. The van der Waals surface area contributed by atoms with E-state index >= 15 is 0 Å². The highest BCUT2D eigenvalue weighted by Gasteiger charge is 2.24. The molecule has 108 valence electrons. The molecule has 0 bridgehead atoms. The molecule has 1 rings (SSSR count). The third kappa shape index (κ3) is 4.82. The molecule has 1 unspecified atom stereocenters. The minimum absolute atomic E-state index is 0.139. The molecule has 0 saturated carbocycles. The van der Waals surface area contributed by atoms with Gasteiger partial charge in [-0.3, -0.25) is 0 Å². The Kier molecular flexibility index (Phi) is 6.46. The predicted molar refractivity (Wildman–Crippen MR) is 82.7 cm³/mol. The lowest BCUT2D eigenvalue weighted by molar-refractivity contribution is 0.157. The monoisotopic (exact) mass is 413 g/mol. The number of sulfonamides is 1. The second-order valence-electron chi connectivity index (χ2n) is 4.50. The number of ether oxygens (including phenoxy) is 1. The Balaban J connectivity index is 3.06. The van der Waals surface area contributed by atoms with E-state index in [2.05, 4.69) is 36.6 Å². The molecule has 0 aliphatic heterocycles. The highest BCUT2D eigenvalue weighted by molar-refractivity contribution is 9.11. The maximum atomic E-state index is 12.4. The first-order valence-electron chi connectivity index (χ1n) is 5.74. The van der Waals surface area contributed by atoms with Crippen molar-refractivity contribution in [3.8, 4) is 0 Å². The zero-order valence-electron chi connectivity index (χ0n) is 11.0. The molecule has 0 fully saturated rings. The lowest BCUT2D eigenvalue weighted by Gasteiger charge is -2.21. The molecule has 0 amide bonds. The third-order valence-electron chi connectivity index (χ3n) is 2.64. The van der Waals surface area contributed by atoms with Crippen LogP contribution in [0.1, 0.15) is 13.8 Å². The number of hydrogen-bond donors (Lipinski definition) is 1.